The van der Waals surface area contributed by atoms with Crippen LogP contribution in [-0.2, 0) is 9.53 Å². The van der Waals surface area contributed by atoms with Crippen LogP contribution >= 0.6 is 0 Å². The third-order valence-corrected chi connectivity index (χ3v) is 3.34. The molecule has 2 rings (SSSR count). The lowest BCUT2D eigenvalue weighted by atomic mass is 10.1. The maximum atomic E-state index is 11.7. The van der Waals surface area contributed by atoms with Gasteiger partial charge in [-0.3, -0.25) is 10.1 Å². The van der Waals surface area contributed by atoms with Crippen molar-refractivity contribution >= 4 is 17.7 Å². The highest BCUT2D eigenvalue weighted by Crippen LogP contribution is 2.33. The van der Waals surface area contributed by atoms with Gasteiger partial charge in [0.25, 0.3) is 5.69 Å². The summed E-state index contributed by atoms with van der Waals surface area (Å²) in [6.07, 6.45) is 2.47. The summed E-state index contributed by atoms with van der Waals surface area (Å²) in [6, 6.07) is 9.26. The lowest BCUT2D eigenvalue weighted by molar-refractivity contribution is -0.385. The van der Waals surface area contributed by atoms with Crippen molar-refractivity contribution in [2.75, 3.05) is 13.2 Å². The molecule has 28 heavy (non-hydrogen) atoms. The van der Waals surface area contributed by atoms with E-state index in [1.165, 1.54) is 18.2 Å². The lowest BCUT2D eigenvalue weighted by Crippen LogP contribution is -2.06. The molecular formula is C19H17N3O6. The Morgan fingerprint density at radius 3 is 2.61 bits per heavy atom. The normalized spacial score (nSPS) is 10.7. The molecule has 0 amide bonds. The highest BCUT2D eigenvalue weighted by molar-refractivity contribution is 5.97. The van der Waals surface area contributed by atoms with Gasteiger partial charge in [-0.2, -0.15) is 5.26 Å². The van der Waals surface area contributed by atoms with Crippen LogP contribution in [0, 0.1) is 21.4 Å². The molecule has 1 aromatic carbocycles. The van der Waals surface area contributed by atoms with Crippen molar-refractivity contribution < 1.29 is 23.9 Å². The number of carbonyl (C=O) groups is 1. The van der Waals surface area contributed by atoms with E-state index >= 15 is 0 Å². The number of benzene rings is 1. The molecular weight excluding hydrogens is 366 g/mol. The summed E-state index contributed by atoms with van der Waals surface area (Å²) < 4.78 is 16.0. The van der Waals surface area contributed by atoms with Crippen LogP contribution < -0.4 is 9.47 Å². The second-order valence-electron chi connectivity index (χ2n) is 5.24. The van der Waals surface area contributed by atoms with Gasteiger partial charge in [0.15, 0.2) is 11.5 Å². The molecule has 0 aliphatic carbocycles. The Bertz CT molecular complexity index is 932. The molecule has 0 N–H and O–H groups in total. The number of ether oxygens (including phenoxy) is 3. The zero-order valence-electron chi connectivity index (χ0n) is 15.2. The van der Waals surface area contributed by atoms with E-state index in [9.17, 15) is 14.9 Å². The summed E-state index contributed by atoms with van der Waals surface area (Å²) in [6.45, 7) is 3.95. The third-order valence-electron chi connectivity index (χ3n) is 3.34. The predicted molar refractivity (Wildman–Crippen MR) is 98.8 cm³/mol. The van der Waals surface area contributed by atoms with E-state index in [1.54, 1.807) is 38.1 Å². The maximum absolute atomic E-state index is 11.7. The smallest absolute Gasteiger partial charge is 0.348 e. The topological polar surface area (TPSA) is 125 Å². The van der Waals surface area contributed by atoms with Crippen molar-refractivity contribution in [1.29, 1.82) is 5.26 Å². The number of carbonyl (C=O) groups excluding carboxylic acids is 1. The Balaban J connectivity index is 2.30. The Labute approximate surface area is 160 Å². The molecule has 1 heterocycles. The number of pyridine rings is 1. The molecule has 9 nitrogen and oxygen atoms in total. The fourth-order valence-corrected chi connectivity index (χ4v) is 2.13. The number of nitriles is 1. The van der Waals surface area contributed by atoms with E-state index in [1.807, 2.05) is 0 Å². The monoisotopic (exact) mass is 383 g/mol. The minimum atomic E-state index is -0.710. The van der Waals surface area contributed by atoms with Gasteiger partial charge in [-0.15, -0.1) is 0 Å². The van der Waals surface area contributed by atoms with E-state index in [0.29, 0.717) is 23.7 Å². The van der Waals surface area contributed by atoms with Gasteiger partial charge in [0.1, 0.15) is 17.8 Å². The van der Waals surface area contributed by atoms with Gasteiger partial charge in [0, 0.05) is 12.1 Å². The second kappa shape index (κ2) is 9.68. The maximum Gasteiger partial charge on any atom is 0.348 e. The first kappa shape index (κ1) is 20.4. The van der Waals surface area contributed by atoms with Gasteiger partial charge < -0.3 is 14.2 Å². The second-order valence-corrected chi connectivity index (χ2v) is 5.24. The van der Waals surface area contributed by atoms with Crippen LogP contribution in [0.25, 0.3) is 6.08 Å². The molecule has 0 radical (unpaired) electrons. The van der Waals surface area contributed by atoms with Crippen LogP contribution in [0.15, 0.2) is 42.1 Å². The van der Waals surface area contributed by atoms with Crippen molar-refractivity contribution in [2.24, 2.45) is 0 Å². The van der Waals surface area contributed by atoms with Gasteiger partial charge in [-0.05, 0) is 37.6 Å². The molecule has 0 spiro atoms. The molecule has 0 aliphatic rings. The summed E-state index contributed by atoms with van der Waals surface area (Å²) in [4.78, 5) is 25.8. The standard InChI is InChI=1S/C19H17N3O6/c1-3-26-17-10-13(9-14(11-20)19(23)27-4-2)5-7-16(17)28-18-8-6-15(12-21-18)22(24)25/h5-10,12H,3-4H2,1-2H3/b14-9+. The van der Waals surface area contributed by atoms with E-state index in [-0.39, 0.29) is 23.7 Å². The van der Waals surface area contributed by atoms with E-state index in [4.69, 9.17) is 19.5 Å². The van der Waals surface area contributed by atoms with Gasteiger partial charge in [-0.1, -0.05) is 6.07 Å². The van der Waals surface area contributed by atoms with Crippen molar-refractivity contribution in [3.8, 4) is 23.4 Å². The molecule has 0 atom stereocenters. The Hall–Kier alpha value is -3.93. The van der Waals surface area contributed by atoms with E-state index in [2.05, 4.69) is 4.98 Å². The van der Waals surface area contributed by atoms with Crippen molar-refractivity contribution in [3.63, 3.8) is 0 Å². The van der Waals surface area contributed by atoms with Gasteiger partial charge in [-0.25, -0.2) is 9.78 Å². The van der Waals surface area contributed by atoms with E-state index < -0.39 is 10.9 Å². The molecule has 144 valence electrons. The zero-order chi connectivity index (χ0) is 20.5. The van der Waals surface area contributed by atoms with Crippen LogP contribution in [0.4, 0.5) is 5.69 Å². The first-order valence-corrected chi connectivity index (χ1v) is 8.32. The molecule has 0 bridgehead atoms. The van der Waals surface area contributed by atoms with Gasteiger partial charge in [0.05, 0.1) is 18.1 Å². The summed E-state index contributed by atoms with van der Waals surface area (Å²) in [5, 5.41) is 19.8. The molecule has 0 fully saturated rings. The average Bonchev–Trinajstić information content (AvgIpc) is 2.68. The number of hydrogen-bond donors (Lipinski definition) is 0. The third kappa shape index (κ3) is 5.28. The fraction of sp³-hybridized carbons (Fsp3) is 0.211. The number of nitro groups is 1. The zero-order valence-corrected chi connectivity index (χ0v) is 15.2. The minimum Gasteiger partial charge on any atom is -0.490 e. The predicted octanol–water partition coefficient (Wildman–Crippen LogP) is 3.65. The van der Waals surface area contributed by atoms with Crippen LogP contribution in [0.5, 0.6) is 17.4 Å². The highest BCUT2D eigenvalue weighted by Gasteiger charge is 2.13. The molecule has 2 aromatic rings. The van der Waals surface area contributed by atoms with Crippen molar-refractivity contribution in [3.05, 3.63) is 57.8 Å². The summed E-state index contributed by atoms with van der Waals surface area (Å²) in [5.41, 5.74) is 0.243. The molecule has 1 aromatic heterocycles. The number of esters is 1. The highest BCUT2D eigenvalue weighted by atomic mass is 16.6. The Kier molecular flexibility index (Phi) is 7.05. The number of hydrogen-bond acceptors (Lipinski definition) is 8. The Morgan fingerprint density at radius 1 is 1.25 bits per heavy atom. The Morgan fingerprint density at radius 2 is 2.04 bits per heavy atom. The SMILES string of the molecule is CCOC(=O)/C(C#N)=C/c1ccc(Oc2ccc([N+](=O)[O-])cn2)c(OCC)c1. The van der Waals surface area contributed by atoms with Crippen LogP contribution in [-0.4, -0.2) is 29.1 Å². The van der Waals surface area contributed by atoms with Crippen molar-refractivity contribution in [2.45, 2.75) is 13.8 Å². The number of aromatic nitrogens is 1. The van der Waals surface area contributed by atoms with Crippen LogP contribution in [0.1, 0.15) is 19.4 Å². The lowest BCUT2D eigenvalue weighted by Gasteiger charge is -2.12. The number of nitrogens with zero attached hydrogens (tertiary/aromatic N) is 3. The van der Waals surface area contributed by atoms with Crippen LogP contribution in [0.3, 0.4) is 0 Å². The van der Waals surface area contributed by atoms with Gasteiger partial charge in [0.2, 0.25) is 5.88 Å². The first-order valence-electron chi connectivity index (χ1n) is 8.32. The molecule has 0 saturated heterocycles. The van der Waals surface area contributed by atoms with Crippen molar-refractivity contribution in [1.82, 2.24) is 4.98 Å². The van der Waals surface area contributed by atoms with Gasteiger partial charge >= 0.3 is 5.97 Å². The molecule has 0 unspecified atom stereocenters. The molecule has 9 heteroatoms. The number of rotatable bonds is 8. The summed E-state index contributed by atoms with van der Waals surface area (Å²) in [5.74, 6) is 0.130. The summed E-state index contributed by atoms with van der Waals surface area (Å²) in [7, 11) is 0. The fourth-order valence-electron chi connectivity index (χ4n) is 2.13. The molecule has 0 aliphatic heterocycles. The molecule has 0 saturated carbocycles. The largest absolute Gasteiger partial charge is 0.490 e. The quantitative estimate of drug-likeness (QED) is 0.222. The first-order chi connectivity index (χ1) is 13.5. The average molecular weight is 383 g/mol. The minimum absolute atomic E-state index is 0.144. The van der Waals surface area contributed by atoms with Crippen LogP contribution in [0.2, 0.25) is 0 Å². The van der Waals surface area contributed by atoms with E-state index in [0.717, 1.165) is 6.20 Å². The summed E-state index contributed by atoms with van der Waals surface area (Å²) >= 11 is 0.